The quantitative estimate of drug-likeness (QED) is 0.796. The Balaban J connectivity index is 2.28. The van der Waals surface area contributed by atoms with Gasteiger partial charge >= 0.3 is 0 Å². The van der Waals surface area contributed by atoms with E-state index in [-0.39, 0.29) is 0 Å². The van der Waals surface area contributed by atoms with Crippen molar-refractivity contribution in [3.05, 3.63) is 58.9 Å². The van der Waals surface area contributed by atoms with Gasteiger partial charge < -0.3 is 4.74 Å². The Morgan fingerprint density at radius 3 is 2.68 bits per heavy atom. The van der Waals surface area contributed by atoms with Crippen LogP contribution in [-0.2, 0) is 5.60 Å². The van der Waals surface area contributed by atoms with Crippen molar-refractivity contribution in [1.82, 2.24) is 4.98 Å². The van der Waals surface area contributed by atoms with E-state index in [1.54, 1.807) is 30.6 Å². The molecule has 0 saturated carbocycles. The molecule has 4 heteroatoms. The number of carbonyl (C=O) groups excluding carboxylic acids is 1. The van der Waals surface area contributed by atoms with Gasteiger partial charge in [0.2, 0.25) is 0 Å². The molecule has 2 rings (SSSR count). The minimum Gasteiger partial charge on any atom is -0.482 e. The lowest BCUT2D eigenvalue weighted by Crippen LogP contribution is -2.25. The van der Waals surface area contributed by atoms with Crippen molar-refractivity contribution in [2.45, 2.75) is 19.4 Å². The first kappa shape index (κ1) is 13.6. The summed E-state index contributed by atoms with van der Waals surface area (Å²) >= 11 is 6.10. The van der Waals surface area contributed by atoms with Crippen LogP contribution in [0.25, 0.3) is 0 Å². The number of hydrogen-bond donors (Lipinski definition) is 0. The number of carbonyl (C=O) groups is 1. The van der Waals surface area contributed by atoms with Gasteiger partial charge in [-0.05, 0) is 38.1 Å². The lowest BCUT2D eigenvalue weighted by Gasteiger charge is -2.27. The highest BCUT2D eigenvalue weighted by Gasteiger charge is 2.23. The van der Waals surface area contributed by atoms with E-state index in [0.29, 0.717) is 16.3 Å². The maximum atomic E-state index is 10.7. The van der Waals surface area contributed by atoms with Gasteiger partial charge in [-0.1, -0.05) is 17.7 Å². The molecule has 0 aliphatic carbocycles. The van der Waals surface area contributed by atoms with Gasteiger partial charge in [0.05, 0.1) is 5.02 Å². The molecule has 1 aromatic heterocycles. The van der Waals surface area contributed by atoms with Crippen LogP contribution in [0.15, 0.2) is 42.7 Å². The smallest absolute Gasteiger partial charge is 0.150 e. The number of benzene rings is 1. The van der Waals surface area contributed by atoms with E-state index in [4.69, 9.17) is 16.3 Å². The Kier molecular flexibility index (Phi) is 3.86. The molecule has 0 N–H and O–H groups in total. The van der Waals surface area contributed by atoms with E-state index in [9.17, 15) is 4.79 Å². The second-order valence-electron chi connectivity index (χ2n) is 4.66. The summed E-state index contributed by atoms with van der Waals surface area (Å²) in [5.41, 5.74) is 0.919. The standard InChI is InChI=1S/C15H14ClNO2/c1-15(2,12-4-3-7-17-9-12)19-14-6-5-11(10-18)8-13(14)16/h3-10H,1-2H3. The van der Waals surface area contributed by atoms with Gasteiger partial charge in [-0.25, -0.2) is 0 Å². The Labute approximate surface area is 117 Å². The Morgan fingerprint density at radius 2 is 2.11 bits per heavy atom. The van der Waals surface area contributed by atoms with E-state index in [1.165, 1.54) is 0 Å². The van der Waals surface area contributed by atoms with Gasteiger partial charge in [-0.15, -0.1) is 0 Å². The van der Waals surface area contributed by atoms with Crippen molar-refractivity contribution in [3.63, 3.8) is 0 Å². The van der Waals surface area contributed by atoms with Crippen LogP contribution < -0.4 is 4.74 Å². The highest BCUT2D eigenvalue weighted by Crippen LogP contribution is 2.32. The lowest BCUT2D eigenvalue weighted by molar-refractivity contribution is 0.108. The van der Waals surface area contributed by atoms with Gasteiger partial charge in [0, 0.05) is 23.5 Å². The van der Waals surface area contributed by atoms with Gasteiger partial charge in [-0.2, -0.15) is 0 Å². The Bertz CT molecular complexity index is 582. The van der Waals surface area contributed by atoms with Crippen LogP contribution in [0.3, 0.4) is 0 Å². The van der Waals surface area contributed by atoms with Gasteiger partial charge in [0.1, 0.15) is 17.6 Å². The molecule has 0 amide bonds. The monoisotopic (exact) mass is 275 g/mol. The zero-order chi connectivity index (χ0) is 13.9. The van der Waals surface area contributed by atoms with E-state index < -0.39 is 5.60 Å². The minimum atomic E-state index is -0.555. The van der Waals surface area contributed by atoms with Crippen molar-refractivity contribution in [3.8, 4) is 5.75 Å². The second-order valence-corrected chi connectivity index (χ2v) is 5.07. The summed E-state index contributed by atoms with van der Waals surface area (Å²) in [5, 5.41) is 0.418. The average Bonchev–Trinajstić information content (AvgIpc) is 2.42. The third-order valence-electron chi connectivity index (χ3n) is 2.81. The van der Waals surface area contributed by atoms with Crippen LogP contribution >= 0.6 is 11.6 Å². The Morgan fingerprint density at radius 1 is 1.32 bits per heavy atom. The first-order valence-corrected chi connectivity index (χ1v) is 6.25. The molecular formula is C15H14ClNO2. The van der Waals surface area contributed by atoms with Gasteiger partial charge in [-0.3, -0.25) is 9.78 Å². The number of pyridine rings is 1. The molecule has 98 valence electrons. The highest BCUT2D eigenvalue weighted by atomic mass is 35.5. The van der Waals surface area contributed by atoms with Crippen LogP contribution in [0.5, 0.6) is 5.75 Å². The molecule has 0 fully saturated rings. The second kappa shape index (κ2) is 5.41. The van der Waals surface area contributed by atoms with Crippen LogP contribution in [-0.4, -0.2) is 11.3 Å². The molecule has 3 nitrogen and oxygen atoms in total. The van der Waals surface area contributed by atoms with Crippen molar-refractivity contribution in [2.75, 3.05) is 0 Å². The van der Waals surface area contributed by atoms with Crippen LogP contribution in [0.4, 0.5) is 0 Å². The molecule has 0 radical (unpaired) electrons. The third-order valence-corrected chi connectivity index (χ3v) is 3.11. The topological polar surface area (TPSA) is 39.2 Å². The minimum absolute atomic E-state index is 0.418. The summed E-state index contributed by atoms with van der Waals surface area (Å²) in [7, 11) is 0. The molecule has 1 heterocycles. The van der Waals surface area contributed by atoms with E-state index in [0.717, 1.165) is 11.8 Å². The summed E-state index contributed by atoms with van der Waals surface area (Å²) in [4.78, 5) is 14.8. The first-order valence-electron chi connectivity index (χ1n) is 5.87. The van der Waals surface area contributed by atoms with E-state index in [1.807, 2.05) is 26.0 Å². The number of ether oxygens (including phenoxy) is 1. The van der Waals surface area contributed by atoms with Crippen molar-refractivity contribution < 1.29 is 9.53 Å². The molecule has 0 aliphatic heterocycles. The highest BCUT2D eigenvalue weighted by molar-refractivity contribution is 6.32. The molecule has 2 aromatic rings. The molecule has 0 saturated heterocycles. The predicted octanol–water partition coefficient (Wildman–Crippen LogP) is 3.86. The Hall–Kier alpha value is -1.87. The number of rotatable bonds is 4. The van der Waals surface area contributed by atoms with Crippen molar-refractivity contribution >= 4 is 17.9 Å². The normalized spacial score (nSPS) is 11.1. The molecule has 1 aromatic carbocycles. The molecule has 0 bridgehead atoms. The first-order chi connectivity index (χ1) is 9.03. The number of aromatic nitrogens is 1. The molecule has 0 unspecified atom stereocenters. The van der Waals surface area contributed by atoms with Crippen LogP contribution in [0, 0.1) is 0 Å². The van der Waals surface area contributed by atoms with E-state index >= 15 is 0 Å². The SMILES string of the molecule is CC(C)(Oc1ccc(C=O)cc1Cl)c1cccnc1. The lowest BCUT2D eigenvalue weighted by atomic mass is 10.00. The van der Waals surface area contributed by atoms with E-state index in [2.05, 4.69) is 4.98 Å². The van der Waals surface area contributed by atoms with Crippen molar-refractivity contribution in [1.29, 1.82) is 0 Å². The number of aldehydes is 1. The summed E-state index contributed by atoms with van der Waals surface area (Å²) in [5.74, 6) is 0.543. The summed E-state index contributed by atoms with van der Waals surface area (Å²) in [6, 6.07) is 8.76. The van der Waals surface area contributed by atoms with Gasteiger partial charge in [0.15, 0.2) is 0 Å². The summed E-state index contributed by atoms with van der Waals surface area (Å²) in [6.45, 7) is 3.88. The summed E-state index contributed by atoms with van der Waals surface area (Å²) in [6.07, 6.45) is 4.22. The predicted molar refractivity (Wildman–Crippen MR) is 74.7 cm³/mol. The van der Waals surface area contributed by atoms with Crippen LogP contribution in [0.2, 0.25) is 5.02 Å². The largest absolute Gasteiger partial charge is 0.482 e. The molecule has 0 atom stereocenters. The fraction of sp³-hybridized carbons (Fsp3) is 0.200. The molecular weight excluding hydrogens is 262 g/mol. The number of nitrogens with zero attached hydrogens (tertiary/aromatic N) is 1. The molecule has 19 heavy (non-hydrogen) atoms. The number of halogens is 1. The molecule has 0 spiro atoms. The summed E-state index contributed by atoms with van der Waals surface area (Å²) < 4.78 is 5.93. The fourth-order valence-electron chi connectivity index (χ4n) is 1.73. The van der Waals surface area contributed by atoms with Crippen molar-refractivity contribution in [2.24, 2.45) is 0 Å². The van der Waals surface area contributed by atoms with Gasteiger partial charge in [0.25, 0.3) is 0 Å². The maximum Gasteiger partial charge on any atom is 0.150 e. The average molecular weight is 276 g/mol. The number of hydrogen-bond acceptors (Lipinski definition) is 3. The maximum absolute atomic E-state index is 10.7. The zero-order valence-electron chi connectivity index (χ0n) is 10.8. The van der Waals surface area contributed by atoms with Crippen LogP contribution in [0.1, 0.15) is 29.8 Å². The third kappa shape index (κ3) is 3.12. The fourth-order valence-corrected chi connectivity index (χ4v) is 1.95. The molecule has 0 aliphatic rings. The zero-order valence-corrected chi connectivity index (χ0v) is 11.5.